The average molecular weight is 262 g/mol. The fourth-order valence-corrected chi connectivity index (χ4v) is 1.42. The van der Waals surface area contributed by atoms with E-state index in [0.29, 0.717) is 6.32 Å². The zero-order valence-corrected chi connectivity index (χ0v) is 12.1. The van der Waals surface area contributed by atoms with Crippen LogP contribution in [0.2, 0.25) is 6.32 Å². The summed E-state index contributed by atoms with van der Waals surface area (Å²) in [7, 11) is -0.929. The lowest BCUT2D eigenvalue weighted by atomic mass is 9.80. The minimum atomic E-state index is -1.02. The van der Waals surface area contributed by atoms with Gasteiger partial charge in [-0.3, -0.25) is 0 Å². The summed E-state index contributed by atoms with van der Waals surface area (Å²) in [5, 5.41) is 19.8. The van der Waals surface area contributed by atoms with Crippen molar-refractivity contribution in [2.24, 2.45) is 0 Å². The standard InChI is InChI=1S/C15H23BO3/c1-14(2,17)15(3,4)19-16(18)12-8-11-13-9-6-5-7-10-13/h5-11,17-18H,12H2,1-4H3. The van der Waals surface area contributed by atoms with Crippen LogP contribution in [0.25, 0.3) is 6.08 Å². The Balaban J connectivity index is 2.49. The lowest BCUT2D eigenvalue weighted by molar-refractivity contribution is -0.0996. The van der Waals surface area contributed by atoms with Crippen LogP contribution in [0.15, 0.2) is 36.4 Å². The summed E-state index contributed by atoms with van der Waals surface area (Å²) in [6.45, 7) is 6.85. The van der Waals surface area contributed by atoms with Gasteiger partial charge in [0.25, 0.3) is 0 Å². The first-order valence-corrected chi connectivity index (χ1v) is 6.52. The molecule has 2 N–H and O–H groups in total. The molecular weight excluding hydrogens is 239 g/mol. The van der Waals surface area contributed by atoms with Crippen molar-refractivity contribution in [3.05, 3.63) is 42.0 Å². The predicted octanol–water partition coefficient (Wildman–Crippen LogP) is 2.75. The number of hydrogen-bond acceptors (Lipinski definition) is 3. The van der Waals surface area contributed by atoms with Crippen LogP contribution in [0, 0.1) is 0 Å². The van der Waals surface area contributed by atoms with Crippen LogP contribution in [0.1, 0.15) is 33.3 Å². The number of allylic oxidation sites excluding steroid dienone is 1. The maximum atomic E-state index is 9.94. The first-order valence-electron chi connectivity index (χ1n) is 6.52. The van der Waals surface area contributed by atoms with E-state index in [9.17, 15) is 10.1 Å². The van der Waals surface area contributed by atoms with Crippen molar-refractivity contribution in [3.8, 4) is 0 Å². The first kappa shape index (κ1) is 16.0. The molecule has 0 spiro atoms. The van der Waals surface area contributed by atoms with Crippen molar-refractivity contribution in [2.45, 2.75) is 45.2 Å². The van der Waals surface area contributed by atoms with Crippen LogP contribution in [0.3, 0.4) is 0 Å². The van der Waals surface area contributed by atoms with Gasteiger partial charge in [0.1, 0.15) is 0 Å². The highest BCUT2D eigenvalue weighted by atomic mass is 16.5. The third-order valence-electron chi connectivity index (χ3n) is 3.35. The molecule has 0 aliphatic heterocycles. The van der Waals surface area contributed by atoms with Gasteiger partial charge in [-0.15, -0.1) is 0 Å². The summed E-state index contributed by atoms with van der Waals surface area (Å²) in [4.78, 5) is 0. The fraction of sp³-hybridized carbons (Fsp3) is 0.467. The van der Waals surface area contributed by atoms with E-state index in [-0.39, 0.29) is 0 Å². The molecule has 0 fully saturated rings. The molecule has 0 heterocycles. The van der Waals surface area contributed by atoms with Gasteiger partial charge in [-0.25, -0.2) is 0 Å². The Kier molecular flexibility index (Phi) is 5.35. The summed E-state index contributed by atoms with van der Waals surface area (Å²) in [5.41, 5.74) is -0.749. The molecule has 0 atom stereocenters. The molecule has 1 aromatic rings. The van der Waals surface area contributed by atoms with Crippen LogP contribution in [-0.2, 0) is 4.65 Å². The van der Waals surface area contributed by atoms with Gasteiger partial charge in [-0.1, -0.05) is 42.5 Å². The molecule has 1 rings (SSSR count). The van der Waals surface area contributed by atoms with Crippen LogP contribution < -0.4 is 0 Å². The summed E-state index contributed by atoms with van der Waals surface area (Å²) >= 11 is 0. The fourth-order valence-electron chi connectivity index (χ4n) is 1.42. The van der Waals surface area contributed by atoms with Crippen LogP contribution >= 0.6 is 0 Å². The molecule has 0 amide bonds. The molecule has 0 aromatic heterocycles. The molecule has 0 saturated heterocycles. The Bertz CT molecular complexity index is 407. The topological polar surface area (TPSA) is 49.7 Å². The van der Waals surface area contributed by atoms with Crippen molar-refractivity contribution in [3.63, 3.8) is 0 Å². The van der Waals surface area contributed by atoms with Gasteiger partial charge in [0.2, 0.25) is 0 Å². The van der Waals surface area contributed by atoms with Gasteiger partial charge in [-0.2, -0.15) is 0 Å². The Morgan fingerprint density at radius 3 is 2.26 bits per heavy atom. The van der Waals surface area contributed by atoms with Crippen molar-refractivity contribution in [1.29, 1.82) is 0 Å². The molecule has 19 heavy (non-hydrogen) atoms. The summed E-state index contributed by atoms with van der Waals surface area (Å²) in [6, 6.07) is 9.87. The predicted molar refractivity (Wildman–Crippen MR) is 79.7 cm³/mol. The molecule has 3 nitrogen and oxygen atoms in total. The molecular formula is C15H23BO3. The normalized spacial score (nSPS) is 12.9. The van der Waals surface area contributed by atoms with Crippen LogP contribution in [0.5, 0.6) is 0 Å². The second kappa shape index (κ2) is 6.37. The van der Waals surface area contributed by atoms with Crippen molar-refractivity contribution in [2.75, 3.05) is 0 Å². The second-order valence-corrected chi connectivity index (χ2v) is 5.69. The Labute approximate surface area is 116 Å². The zero-order valence-electron chi connectivity index (χ0n) is 12.1. The molecule has 4 heteroatoms. The number of hydrogen-bond donors (Lipinski definition) is 2. The maximum absolute atomic E-state index is 9.94. The Morgan fingerprint density at radius 2 is 1.74 bits per heavy atom. The molecule has 0 aliphatic rings. The Hall–Kier alpha value is -1.10. The quantitative estimate of drug-likeness (QED) is 0.775. The summed E-state index contributed by atoms with van der Waals surface area (Å²) in [6.07, 6.45) is 4.18. The van der Waals surface area contributed by atoms with Gasteiger partial charge in [-0.05, 0) is 33.3 Å². The van der Waals surface area contributed by atoms with Gasteiger partial charge in [0.05, 0.1) is 11.2 Å². The summed E-state index contributed by atoms with van der Waals surface area (Å²) < 4.78 is 5.49. The third kappa shape index (κ3) is 5.19. The number of rotatable bonds is 6. The largest absolute Gasteiger partial charge is 0.458 e. The van der Waals surface area contributed by atoms with E-state index in [2.05, 4.69) is 0 Å². The number of benzene rings is 1. The Morgan fingerprint density at radius 1 is 1.16 bits per heavy atom. The lowest BCUT2D eigenvalue weighted by Crippen LogP contribution is -2.50. The monoisotopic (exact) mass is 262 g/mol. The smallest absolute Gasteiger partial charge is 0.427 e. The molecule has 0 aliphatic carbocycles. The first-order chi connectivity index (χ1) is 8.72. The lowest BCUT2D eigenvalue weighted by Gasteiger charge is -2.38. The molecule has 1 aromatic carbocycles. The van der Waals surface area contributed by atoms with E-state index in [4.69, 9.17) is 4.65 Å². The minimum Gasteiger partial charge on any atom is -0.427 e. The van der Waals surface area contributed by atoms with Crippen molar-refractivity contribution >= 4 is 13.2 Å². The molecule has 0 radical (unpaired) electrons. The SMILES string of the molecule is CC(C)(O)C(C)(C)OB(O)CC=Cc1ccccc1. The van der Waals surface area contributed by atoms with E-state index >= 15 is 0 Å². The van der Waals surface area contributed by atoms with Gasteiger partial charge in [0, 0.05) is 6.32 Å². The molecule has 0 saturated carbocycles. The zero-order chi connectivity index (χ0) is 14.5. The van der Waals surface area contributed by atoms with Crippen molar-refractivity contribution in [1.82, 2.24) is 0 Å². The van der Waals surface area contributed by atoms with Crippen molar-refractivity contribution < 1.29 is 14.8 Å². The minimum absolute atomic E-state index is 0.383. The van der Waals surface area contributed by atoms with E-state index in [0.717, 1.165) is 5.56 Å². The highest BCUT2D eigenvalue weighted by Crippen LogP contribution is 2.26. The van der Waals surface area contributed by atoms with E-state index in [1.54, 1.807) is 27.7 Å². The average Bonchev–Trinajstić information content (AvgIpc) is 2.28. The third-order valence-corrected chi connectivity index (χ3v) is 3.35. The van der Waals surface area contributed by atoms with Crippen LogP contribution in [-0.4, -0.2) is 28.5 Å². The van der Waals surface area contributed by atoms with E-state index < -0.39 is 18.3 Å². The van der Waals surface area contributed by atoms with Gasteiger partial charge >= 0.3 is 7.12 Å². The van der Waals surface area contributed by atoms with Gasteiger partial charge < -0.3 is 14.8 Å². The number of aliphatic hydroxyl groups is 1. The molecule has 0 unspecified atom stereocenters. The van der Waals surface area contributed by atoms with Crippen LogP contribution in [0.4, 0.5) is 0 Å². The molecule has 0 bridgehead atoms. The highest BCUT2D eigenvalue weighted by Gasteiger charge is 2.38. The van der Waals surface area contributed by atoms with E-state index in [1.165, 1.54) is 0 Å². The van der Waals surface area contributed by atoms with Gasteiger partial charge in [0.15, 0.2) is 0 Å². The highest BCUT2D eigenvalue weighted by molar-refractivity contribution is 6.43. The second-order valence-electron chi connectivity index (χ2n) is 5.69. The summed E-state index contributed by atoms with van der Waals surface area (Å²) in [5.74, 6) is 0. The maximum Gasteiger partial charge on any atom is 0.458 e. The van der Waals surface area contributed by atoms with E-state index in [1.807, 2.05) is 42.5 Å². The molecule has 104 valence electrons.